The van der Waals surface area contributed by atoms with E-state index < -0.39 is 71.2 Å². The molecule has 2 amide bonds. The zero-order valence-corrected chi connectivity index (χ0v) is 45.3. The van der Waals surface area contributed by atoms with Crippen LogP contribution >= 0.6 is 69.9 Å². The molecule has 1 aliphatic rings. The van der Waals surface area contributed by atoms with E-state index in [4.69, 9.17) is 79.9 Å². The molecule has 17 nitrogen and oxygen atoms in total. The third-order valence-electron chi connectivity index (χ3n) is 9.64. The number of aliphatic carboxylic acids is 1. The summed E-state index contributed by atoms with van der Waals surface area (Å²) in [7, 11) is -1.38. The highest BCUT2D eigenvalue weighted by molar-refractivity contribution is 9.10. The number of furan rings is 1. The van der Waals surface area contributed by atoms with Crippen molar-refractivity contribution in [3.8, 4) is 11.3 Å². The standard InChI is InChI=1S/C15H12BrClF4N2O2.C15H22ClNO2.C11H13Cl2NO3.C3H8NO5P/c1-6(2)25-14(24)7-4-8(10(18)5-9(7)17)12-11(16)13(15(19,20)21)23(3)22-12;1-5-13-8-6-7-11(2)15(13)17(14(18)9-16)12(3)10-19-4;1-11(2)14(10(15)9(12)13)6-8(17-11)7-4-3-5-16-7;5-3(6)1-4-2-10(7,8)9/h4-6H,1-3H3;6-8,12H,5,9-10H2,1-4H3;3-5,8-9H,6H2,1-2H3;4H,1-2H2,(H,5,6)(H2,7,8,9). The second kappa shape index (κ2) is 28.0. The highest BCUT2D eigenvalue weighted by atomic mass is 79.9. The average molecular weight is 1170 g/mol. The van der Waals surface area contributed by atoms with Crippen molar-refractivity contribution in [2.24, 2.45) is 7.05 Å². The number of carboxylic acid groups (broad SMARTS) is 1. The van der Waals surface area contributed by atoms with Crippen LogP contribution in [0.15, 0.2) is 57.6 Å². The number of aromatic nitrogens is 2. The molecule has 0 bridgehead atoms. The number of alkyl halides is 6. The Morgan fingerprint density at radius 1 is 1.11 bits per heavy atom. The van der Waals surface area contributed by atoms with E-state index in [1.807, 2.05) is 32.0 Å². The molecule has 27 heteroatoms. The van der Waals surface area contributed by atoms with Gasteiger partial charge >= 0.3 is 25.7 Å². The zero-order chi connectivity index (χ0) is 54.3. The van der Waals surface area contributed by atoms with Crippen molar-refractivity contribution < 1.29 is 74.8 Å². The molecule has 3 heterocycles. The lowest BCUT2D eigenvalue weighted by Gasteiger charge is -2.31. The zero-order valence-electron chi connectivity index (χ0n) is 39.8. The number of carboxylic acids is 1. The van der Waals surface area contributed by atoms with Crippen molar-refractivity contribution in [3.05, 3.63) is 92.2 Å². The molecular weight excluding hydrogens is 1120 g/mol. The van der Waals surface area contributed by atoms with Crippen LogP contribution in [0.4, 0.5) is 23.2 Å². The highest BCUT2D eigenvalue weighted by Crippen LogP contribution is 2.42. The SMILES string of the molecule is CC(C)OC(=O)c1cc(-c2nn(C)c(C(F)(F)F)c2Br)c(F)cc1Cl.CC1(C)OC(c2ccco2)CN1C(=O)C(Cl)Cl.CCc1cccc(C)c1N(C(=O)CCl)C(C)COC.O=C(O)CNCP(=O)(O)O. The summed E-state index contributed by atoms with van der Waals surface area (Å²) in [5.41, 5.74) is 0.611. The Hall–Kier alpha value is -3.80. The first kappa shape index (κ1) is 63.3. The topological polar surface area (TPSA) is 223 Å². The van der Waals surface area contributed by atoms with E-state index in [0.29, 0.717) is 23.6 Å². The van der Waals surface area contributed by atoms with E-state index in [1.54, 1.807) is 52.0 Å². The van der Waals surface area contributed by atoms with Gasteiger partial charge in [-0.15, -0.1) is 11.6 Å². The van der Waals surface area contributed by atoms with Gasteiger partial charge in [-0.3, -0.25) is 28.9 Å². The molecule has 0 saturated carbocycles. The predicted molar refractivity (Wildman–Crippen MR) is 263 cm³/mol. The molecule has 1 saturated heterocycles. The fourth-order valence-electron chi connectivity index (χ4n) is 6.70. The van der Waals surface area contributed by atoms with Gasteiger partial charge in [0.15, 0.2) is 10.5 Å². The van der Waals surface area contributed by atoms with Gasteiger partial charge in [0.1, 0.15) is 35.0 Å². The molecule has 5 rings (SSSR count). The molecular formula is C44H55BrCl4F4N5O12P. The molecule has 0 aliphatic carbocycles. The van der Waals surface area contributed by atoms with E-state index in [-0.39, 0.29) is 51.7 Å². The summed E-state index contributed by atoms with van der Waals surface area (Å²) in [6.45, 7) is 13.3. The van der Waals surface area contributed by atoms with Gasteiger partial charge in [-0.05, 0) is 99.3 Å². The van der Waals surface area contributed by atoms with Crippen molar-refractivity contribution >= 4 is 99.4 Å². The number of methoxy groups -OCH3 is 1. The fourth-order valence-corrected chi connectivity index (χ4v) is 8.47. The number of rotatable bonds is 15. The predicted octanol–water partition coefficient (Wildman–Crippen LogP) is 9.91. The van der Waals surface area contributed by atoms with E-state index in [0.717, 1.165) is 42.4 Å². The van der Waals surface area contributed by atoms with Crippen LogP contribution < -0.4 is 10.2 Å². The Morgan fingerprint density at radius 2 is 1.75 bits per heavy atom. The summed E-state index contributed by atoms with van der Waals surface area (Å²) in [5.74, 6) is -2.65. The first-order valence-corrected chi connectivity index (χ1v) is 25.4. The van der Waals surface area contributed by atoms with Gasteiger partial charge in [0.2, 0.25) is 5.91 Å². The van der Waals surface area contributed by atoms with Gasteiger partial charge in [-0.1, -0.05) is 59.9 Å². The highest BCUT2D eigenvalue weighted by Gasteiger charge is 2.45. The lowest BCUT2D eigenvalue weighted by molar-refractivity contribution is -0.145. The van der Waals surface area contributed by atoms with Gasteiger partial charge in [-0.2, -0.15) is 18.3 Å². The number of aryl methyl sites for hydroxylation is 3. The largest absolute Gasteiger partial charge is 0.480 e. The molecule has 71 heavy (non-hydrogen) atoms. The first-order valence-electron chi connectivity index (χ1n) is 21.1. The van der Waals surface area contributed by atoms with Crippen LogP contribution in [-0.2, 0) is 52.8 Å². The Labute approximate surface area is 436 Å². The molecule has 396 valence electrons. The van der Waals surface area contributed by atoms with Crippen LogP contribution in [0.3, 0.4) is 0 Å². The van der Waals surface area contributed by atoms with E-state index in [9.17, 15) is 41.3 Å². The lowest BCUT2D eigenvalue weighted by Crippen LogP contribution is -2.45. The van der Waals surface area contributed by atoms with Crippen LogP contribution in [-0.4, -0.2) is 115 Å². The van der Waals surface area contributed by atoms with Gasteiger partial charge < -0.3 is 43.3 Å². The maximum absolute atomic E-state index is 14.3. The number of hydrogen-bond acceptors (Lipinski definition) is 11. The Balaban J connectivity index is 0.000000339. The van der Waals surface area contributed by atoms with Crippen molar-refractivity contribution in [2.75, 3.05) is 43.9 Å². The second-order valence-corrected chi connectivity index (χ2v) is 20.2. The van der Waals surface area contributed by atoms with E-state index >= 15 is 0 Å². The molecule has 1 aliphatic heterocycles. The molecule has 1 fully saturated rings. The number of anilines is 1. The molecule has 2 aromatic heterocycles. The van der Waals surface area contributed by atoms with Gasteiger partial charge in [0.25, 0.3) is 5.91 Å². The van der Waals surface area contributed by atoms with Crippen molar-refractivity contribution in [2.45, 2.75) is 89.9 Å². The number of carbonyl (C=O) groups is 4. The molecule has 0 spiro atoms. The maximum atomic E-state index is 14.3. The number of nitrogens with zero attached hydrogens (tertiary/aromatic N) is 4. The second-order valence-electron chi connectivity index (χ2n) is 16.0. The Bertz CT molecular complexity index is 2480. The summed E-state index contributed by atoms with van der Waals surface area (Å²) in [4.78, 5) is 64.4. The van der Waals surface area contributed by atoms with Gasteiger partial charge in [0, 0.05) is 19.7 Å². The van der Waals surface area contributed by atoms with E-state index in [1.165, 1.54) is 4.90 Å². The molecule has 4 aromatic rings. The van der Waals surface area contributed by atoms with Crippen molar-refractivity contribution in [3.63, 3.8) is 0 Å². The Morgan fingerprint density at radius 3 is 2.23 bits per heavy atom. The Kier molecular flexibility index (Phi) is 25.0. The molecule has 2 unspecified atom stereocenters. The van der Waals surface area contributed by atoms with Crippen molar-refractivity contribution in [1.29, 1.82) is 0 Å². The summed E-state index contributed by atoms with van der Waals surface area (Å²) in [6, 6.07) is 11.5. The van der Waals surface area contributed by atoms with Crippen LogP contribution in [0.2, 0.25) is 5.02 Å². The average Bonchev–Trinajstić information content (AvgIpc) is 3.98. The first-order chi connectivity index (χ1) is 32.8. The summed E-state index contributed by atoms with van der Waals surface area (Å²) < 4.78 is 84.9. The number of amides is 2. The maximum Gasteiger partial charge on any atom is 0.434 e. The van der Waals surface area contributed by atoms with Crippen molar-refractivity contribution in [1.82, 2.24) is 20.0 Å². The number of nitrogens with one attached hydrogen (secondary N) is 1. The van der Waals surface area contributed by atoms with Crippen LogP contribution in [0.25, 0.3) is 11.3 Å². The normalized spacial score (nSPS) is 14.7. The van der Waals surface area contributed by atoms with Crippen LogP contribution in [0.5, 0.6) is 0 Å². The number of halogens is 9. The number of para-hydroxylation sites is 1. The number of ether oxygens (including phenoxy) is 3. The lowest BCUT2D eigenvalue weighted by atomic mass is 10.0. The van der Waals surface area contributed by atoms with E-state index in [2.05, 4.69) is 39.3 Å². The monoisotopic (exact) mass is 1170 g/mol. The number of hydrogen-bond donors (Lipinski definition) is 4. The molecule has 2 atom stereocenters. The third-order valence-corrected chi connectivity index (χ3v) is 11.9. The minimum atomic E-state index is -4.69. The molecule has 0 radical (unpaired) electrons. The number of esters is 1. The quantitative estimate of drug-likeness (QED) is 0.0377. The van der Waals surface area contributed by atoms with Crippen LogP contribution in [0.1, 0.15) is 80.6 Å². The van der Waals surface area contributed by atoms with Gasteiger partial charge in [-0.25, -0.2) is 9.18 Å². The fraction of sp³-hybridized carbons (Fsp3) is 0.477. The molecule has 2 aromatic carbocycles. The number of carbonyl (C=O) groups excluding carboxylic acids is 3. The van der Waals surface area contributed by atoms with Crippen LogP contribution in [0, 0.1) is 12.7 Å². The van der Waals surface area contributed by atoms with Gasteiger partial charge in [0.05, 0.1) is 65.1 Å². The summed E-state index contributed by atoms with van der Waals surface area (Å²) >= 11 is 25.6. The number of benzene rings is 2. The minimum Gasteiger partial charge on any atom is -0.480 e. The summed E-state index contributed by atoms with van der Waals surface area (Å²) in [6.07, 6.45) is -3.57. The third kappa shape index (κ3) is 18.9. The summed E-state index contributed by atoms with van der Waals surface area (Å²) in [5, 5.41) is 13.6. The molecule has 4 N–H and O–H groups in total. The smallest absolute Gasteiger partial charge is 0.434 e. The minimum absolute atomic E-state index is 0.0223.